The zero-order valence-electron chi connectivity index (χ0n) is 41.0. The molecule has 4 N–H and O–H groups in total. The third-order valence-electron chi connectivity index (χ3n) is 14.2. The molecule has 4 amide bonds. The van der Waals surface area contributed by atoms with Crippen molar-refractivity contribution in [3.8, 4) is 0 Å². The van der Waals surface area contributed by atoms with Crippen LogP contribution in [0.15, 0.2) is 60.7 Å². The van der Waals surface area contributed by atoms with Crippen LogP contribution in [-0.4, -0.2) is 101 Å². The molecule has 15 nitrogen and oxygen atoms in total. The van der Waals surface area contributed by atoms with Gasteiger partial charge in [-0.3, -0.25) is 9.59 Å². The van der Waals surface area contributed by atoms with E-state index in [9.17, 15) is 19.2 Å². The molecule has 358 valence electrons. The van der Waals surface area contributed by atoms with Crippen molar-refractivity contribution in [2.45, 2.75) is 135 Å². The van der Waals surface area contributed by atoms with Gasteiger partial charge >= 0.3 is 12.2 Å². The fraction of sp³-hybridized carbons (Fsp3) is 0.529. The lowest BCUT2D eigenvalue weighted by atomic mass is 9.87. The molecule has 8 rings (SSSR count). The molecule has 0 radical (unpaired) electrons. The molecule has 3 aromatic carbocycles. The summed E-state index contributed by atoms with van der Waals surface area (Å²) >= 11 is 0. The minimum absolute atomic E-state index is 0.00685. The number of H-pyrrole nitrogens is 2. The van der Waals surface area contributed by atoms with Crippen LogP contribution in [0.25, 0.3) is 22.1 Å². The van der Waals surface area contributed by atoms with Crippen molar-refractivity contribution in [2.24, 2.45) is 11.8 Å². The first-order chi connectivity index (χ1) is 31.8. The summed E-state index contributed by atoms with van der Waals surface area (Å²) in [7, 11) is 0.803. The van der Waals surface area contributed by atoms with Gasteiger partial charge in [0.1, 0.15) is 23.7 Å². The molecule has 0 spiro atoms. The number of anilines is 1. The maximum Gasteiger partial charge on any atom is 0.407 e. The second kappa shape index (κ2) is 18.6. The van der Waals surface area contributed by atoms with Crippen LogP contribution in [0.5, 0.6) is 0 Å². The van der Waals surface area contributed by atoms with Crippen molar-refractivity contribution >= 4 is 59.8 Å². The second-order valence-corrected chi connectivity index (χ2v) is 26.4. The lowest BCUT2D eigenvalue weighted by Gasteiger charge is -2.34. The van der Waals surface area contributed by atoms with E-state index in [2.05, 4.69) is 120 Å². The molecule has 2 aromatic heterocycles. The predicted octanol–water partition coefficient (Wildman–Crippen LogP) is 9.38. The van der Waals surface area contributed by atoms with Gasteiger partial charge in [-0.05, 0) is 102 Å². The fourth-order valence-corrected chi connectivity index (χ4v) is 13.5. The summed E-state index contributed by atoms with van der Waals surface area (Å²) in [6, 6.07) is 21.2. The smallest absolute Gasteiger partial charge is 0.407 e. The van der Waals surface area contributed by atoms with Crippen LogP contribution in [0.1, 0.15) is 127 Å². The minimum atomic E-state index is -1.81. The number of amides is 4. The Bertz CT molecular complexity index is 2630. The van der Waals surface area contributed by atoms with E-state index in [0.29, 0.717) is 12.7 Å². The first-order valence-corrected chi connectivity index (χ1v) is 27.4. The Hall–Kier alpha value is -5.90. The monoisotopic (exact) mass is 932 g/mol. The van der Waals surface area contributed by atoms with Crippen LogP contribution in [-0.2, 0) is 24.5 Å². The number of benzene rings is 3. The summed E-state index contributed by atoms with van der Waals surface area (Å²) in [6.07, 6.45) is 2.90. The van der Waals surface area contributed by atoms with E-state index in [4.69, 9.17) is 19.4 Å². The van der Waals surface area contributed by atoms with Crippen LogP contribution in [0.4, 0.5) is 15.3 Å². The molecule has 0 bridgehead atoms. The number of fused-ring (bicyclic) bond motifs is 2. The molecule has 3 saturated heterocycles. The number of nitrogens with zero attached hydrogens (tertiary/aromatic N) is 5. The highest BCUT2D eigenvalue weighted by Gasteiger charge is 2.46. The van der Waals surface area contributed by atoms with Gasteiger partial charge in [-0.15, -0.1) is 0 Å². The number of hydrogen-bond donors (Lipinski definition) is 4. The number of rotatable bonds is 11. The second-order valence-electron chi connectivity index (χ2n) is 21.4. The minimum Gasteiger partial charge on any atom is -0.453 e. The van der Waals surface area contributed by atoms with Crippen LogP contribution in [0.3, 0.4) is 0 Å². The third kappa shape index (κ3) is 9.63. The lowest BCUT2D eigenvalue weighted by molar-refractivity contribution is -0.136. The Morgan fingerprint density at radius 2 is 1.18 bits per heavy atom. The predicted molar refractivity (Wildman–Crippen MR) is 263 cm³/mol. The molecule has 0 unspecified atom stereocenters. The summed E-state index contributed by atoms with van der Waals surface area (Å²) in [6.45, 7) is 19.6. The Kier molecular flexibility index (Phi) is 13.2. The summed E-state index contributed by atoms with van der Waals surface area (Å²) in [5.74, 6) is 1.03. The molecule has 3 aliphatic heterocycles. The number of likely N-dealkylation sites (tertiary alicyclic amines) is 1. The van der Waals surface area contributed by atoms with Crippen molar-refractivity contribution in [2.75, 3.05) is 31.8 Å². The largest absolute Gasteiger partial charge is 0.453 e. The number of methoxy groups -OCH3 is 2. The maximum atomic E-state index is 14.2. The molecular weight excluding hydrogens is 863 g/mol. The van der Waals surface area contributed by atoms with Gasteiger partial charge in [0.2, 0.25) is 11.8 Å². The lowest BCUT2D eigenvalue weighted by Crippen LogP contribution is -2.52. The molecule has 5 heterocycles. The number of carbonyl (C=O) groups is 4. The zero-order chi connectivity index (χ0) is 48.1. The van der Waals surface area contributed by atoms with E-state index in [-0.39, 0.29) is 53.2 Å². The van der Waals surface area contributed by atoms with Gasteiger partial charge in [-0.1, -0.05) is 85.8 Å². The topological polar surface area (TPSA) is 178 Å². The van der Waals surface area contributed by atoms with Crippen LogP contribution in [0.2, 0.25) is 19.1 Å². The van der Waals surface area contributed by atoms with Gasteiger partial charge in [0.25, 0.3) is 0 Å². The van der Waals surface area contributed by atoms with Gasteiger partial charge in [0.15, 0.2) is 0 Å². The highest BCUT2D eigenvalue weighted by Crippen LogP contribution is 2.48. The van der Waals surface area contributed by atoms with Crippen molar-refractivity contribution in [1.29, 1.82) is 0 Å². The van der Waals surface area contributed by atoms with Crippen LogP contribution in [0, 0.1) is 11.8 Å². The summed E-state index contributed by atoms with van der Waals surface area (Å²) < 4.78 is 9.72. The molecule has 67 heavy (non-hydrogen) atoms. The Morgan fingerprint density at radius 3 is 1.66 bits per heavy atom. The summed E-state index contributed by atoms with van der Waals surface area (Å²) in [5.41, 5.74) is 8.32. The Balaban J connectivity index is 1.10. The average Bonchev–Trinajstić information content (AvgIpc) is 4.14. The standard InChI is InChI=1S/C51H69N9O6Si/c1-29(2)43(56-49(63)65-8)47(61)58-24-12-13-41(58)45-52-35-20-14-31(25-37(35)54-45)39-22-23-40(60(39)34-18-16-33(17-19-34)51(5,6)7)32-15-21-36-38(26-32)55-46(53-36)42-27-67(10,11)28-59(42)48(62)44(30(3)4)57-50(64)66-9/h14-21,25-26,29-30,39-44H,12-13,22-24,27-28H2,1-11H3,(H,52,54)(H,53,55)(H,56,63)(H,57,64)/t39-,40-,41+,42+,43+,44+/m1/s1. The third-order valence-corrected chi connectivity index (χ3v) is 16.9. The number of aromatic nitrogens is 4. The Labute approximate surface area is 395 Å². The SMILES string of the molecule is COC(=O)N[C@H](C(=O)N1CCC[C@H]1c1nc2ccc([C@H]3CC[C@H](c4ccc5nc([C@@H]6C[Si](C)(C)CN6C(=O)[C@@H](NC(=O)OC)C(C)C)[nH]c5c4)N3c3ccc(C(C)(C)C)cc3)cc2[nH]1)C(C)C. The van der Waals surface area contributed by atoms with Crippen molar-refractivity contribution < 1.29 is 28.7 Å². The summed E-state index contributed by atoms with van der Waals surface area (Å²) in [4.78, 5) is 76.4. The molecular formula is C51H69N9O6Si. The average molecular weight is 932 g/mol. The first-order valence-electron chi connectivity index (χ1n) is 23.9. The number of imidazole rings is 2. The Morgan fingerprint density at radius 1 is 0.687 bits per heavy atom. The van der Waals surface area contributed by atoms with Crippen molar-refractivity contribution in [3.63, 3.8) is 0 Å². The number of nitrogens with one attached hydrogen (secondary N) is 4. The first kappa shape index (κ1) is 47.6. The van der Waals surface area contributed by atoms with Gasteiger partial charge in [-0.2, -0.15) is 0 Å². The van der Waals surface area contributed by atoms with E-state index < -0.39 is 32.3 Å². The number of carbonyl (C=O) groups excluding carboxylic acids is 4. The number of aromatic amines is 2. The molecule has 0 saturated carbocycles. The highest BCUT2D eigenvalue weighted by molar-refractivity contribution is 6.78. The molecule has 3 aliphatic rings. The van der Waals surface area contributed by atoms with Crippen molar-refractivity contribution in [3.05, 3.63) is 89.0 Å². The molecule has 6 atom stereocenters. The van der Waals surface area contributed by atoms with E-state index in [1.807, 2.05) is 37.5 Å². The fourth-order valence-electron chi connectivity index (χ4n) is 10.6. The summed E-state index contributed by atoms with van der Waals surface area (Å²) in [5, 5.41) is 5.53. The van der Waals surface area contributed by atoms with E-state index in [0.717, 1.165) is 71.1 Å². The van der Waals surface area contributed by atoms with Gasteiger partial charge < -0.3 is 44.8 Å². The number of hydrogen-bond acceptors (Lipinski definition) is 9. The molecule has 0 aliphatic carbocycles. The molecule has 3 fully saturated rings. The van der Waals surface area contributed by atoms with Gasteiger partial charge in [0, 0.05) is 18.4 Å². The van der Waals surface area contributed by atoms with Gasteiger partial charge in [-0.25, -0.2) is 19.6 Å². The normalized spacial score (nSPS) is 21.7. The zero-order valence-corrected chi connectivity index (χ0v) is 42.0. The quantitative estimate of drug-likeness (QED) is 0.0940. The van der Waals surface area contributed by atoms with Crippen LogP contribution < -0.4 is 15.5 Å². The molecule has 16 heteroatoms. The van der Waals surface area contributed by atoms with Crippen molar-refractivity contribution in [1.82, 2.24) is 40.4 Å². The highest BCUT2D eigenvalue weighted by atomic mass is 28.3. The van der Waals surface area contributed by atoms with Crippen LogP contribution >= 0.6 is 0 Å². The number of alkyl carbamates (subject to hydrolysis) is 2. The maximum absolute atomic E-state index is 14.2. The molecule has 5 aromatic rings. The number of ether oxygens (including phenoxy) is 2. The van der Waals surface area contributed by atoms with E-state index in [1.54, 1.807) is 0 Å². The van der Waals surface area contributed by atoms with Gasteiger partial charge in [0.05, 0.1) is 68.5 Å². The van der Waals surface area contributed by atoms with E-state index in [1.165, 1.54) is 30.9 Å². The van der Waals surface area contributed by atoms with E-state index >= 15 is 0 Å².